The van der Waals surface area contributed by atoms with Crippen LogP contribution in [-0.4, -0.2) is 0 Å². The molecule has 6 aliphatic rings. The van der Waals surface area contributed by atoms with Gasteiger partial charge in [0, 0.05) is 33.5 Å². The summed E-state index contributed by atoms with van der Waals surface area (Å²) in [6, 6.07) is 79.1. The van der Waals surface area contributed by atoms with Gasteiger partial charge in [-0.3, -0.25) is 0 Å². The van der Waals surface area contributed by atoms with E-state index in [1.807, 2.05) is 0 Å². The molecule has 2 saturated carbocycles. The van der Waals surface area contributed by atoms with E-state index in [0.29, 0.717) is 11.8 Å². The molecule has 16 rings (SSSR count). The van der Waals surface area contributed by atoms with Gasteiger partial charge in [0.2, 0.25) is 0 Å². The zero-order valence-corrected chi connectivity index (χ0v) is 44.4. The van der Waals surface area contributed by atoms with Gasteiger partial charge >= 0.3 is 0 Å². The van der Waals surface area contributed by atoms with Crippen LogP contribution < -0.4 is 9.64 Å². The molecule has 0 N–H and O–H groups in total. The Bertz CT molecular complexity index is 3910. The summed E-state index contributed by atoms with van der Waals surface area (Å²) in [5.41, 5.74) is 21.7. The number of fused-ring (bicyclic) bond motifs is 15. The maximum atomic E-state index is 7.24. The Balaban J connectivity index is 0.984. The van der Waals surface area contributed by atoms with Crippen LogP contribution in [0.25, 0.3) is 39.3 Å². The van der Waals surface area contributed by atoms with Crippen molar-refractivity contribution in [2.24, 2.45) is 5.92 Å². The van der Waals surface area contributed by atoms with E-state index >= 15 is 0 Å². The Morgan fingerprint density at radius 3 is 1.49 bits per heavy atom. The minimum absolute atomic E-state index is 0.110. The van der Waals surface area contributed by atoms with E-state index in [9.17, 15) is 0 Å². The lowest BCUT2D eigenvalue weighted by Crippen LogP contribution is -2.34. The monoisotopic (exact) mass is 1010 g/mol. The highest BCUT2D eigenvalue weighted by atomic mass is 16.5. The van der Waals surface area contributed by atoms with Crippen molar-refractivity contribution in [1.29, 1.82) is 0 Å². The second kappa shape index (κ2) is 18.0. The molecular weight excluding hydrogens is 947 g/mol. The third-order valence-electron chi connectivity index (χ3n) is 19.5. The Labute approximate surface area is 458 Å². The SMILES string of the molecule is CC1C=Cc2oc3ccccc3c2C1N(c1ccc2c(c1)C(c1ccccc1)(c1ccccc1)c1ccccc1-2)c1ccc2c(c1)C1(c3cc(C4CCCCC4)ccc3Oc3ccc(C4CCCCC4)cc31)c1ccccc1-2. The molecule has 2 atom stereocenters. The lowest BCUT2D eigenvalue weighted by atomic mass is 9.64. The van der Waals surface area contributed by atoms with Gasteiger partial charge in [0.05, 0.1) is 16.9 Å². The van der Waals surface area contributed by atoms with Crippen LogP contribution >= 0.6 is 0 Å². The molecule has 3 nitrogen and oxygen atoms in total. The van der Waals surface area contributed by atoms with Crippen molar-refractivity contribution in [3.63, 3.8) is 0 Å². The number of furan rings is 1. The number of hydrogen-bond acceptors (Lipinski definition) is 3. The molecule has 2 unspecified atom stereocenters. The van der Waals surface area contributed by atoms with Crippen molar-refractivity contribution < 1.29 is 9.15 Å². The first-order valence-electron chi connectivity index (χ1n) is 29.1. The van der Waals surface area contributed by atoms with Crippen molar-refractivity contribution in [2.75, 3.05) is 4.90 Å². The standard InChI is InChI=1S/C75H63NO2/c1-48-34-41-71-72(61-30-16-19-33-68(61)77-71)73(48)76(55-37-39-59-57-28-14-17-31-62(57)74(64(59)46-55,53-24-10-4-11-25-53)54-26-12-5-13-27-54)56-38-40-60-58-29-15-18-32-63(58)75(65(60)47-56)66-44-51(49-20-6-2-7-21-49)35-42-69(66)78-70-43-36-52(45-67(70)75)50-22-8-3-9-23-50/h4-5,10-19,24-50,73H,2-3,6-9,20-23H2,1H3. The minimum Gasteiger partial charge on any atom is -0.457 e. The zero-order chi connectivity index (χ0) is 51.5. The molecule has 0 bridgehead atoms. The Hall–Kier alpha value is -8.14. The third kappa shape index (κ3) is 6.63. The van der Waals surface area contributed by atoms with Gasteiger partial charge in [-0.05, 0) is 159 Å². The Morgan fingerprint density at radius 1 is 0.423 bits per heavy atom. The molecule has 10 aromatic rings. The second-order valence-corrected chi connectivity index (χ2v) is 23.5. The summed E-state index contributed by atoms with van der Waals surface area (Å²) in [6.45, 7) is 2.40. The van der Waals surface area contributed by atoms with Crippen LogP contribution in [0.3, 0.4) is 0 Å². The van der Waals surface area contributed by atoms with Gasteiger partial charge in [0.25, 0.3) is 0 Å². The van der Waals surface area contributed by atoms with E-state index < -0.39 is 10.8 Å². The molecular formula is C75H63NO2. The molecule has 1 spiro atoms. The van der Waals surface area contributed by atoms with E-state index in [1.165, 1.54) is 148 Å². The molecule has 5 aliphatic carbocycles. The highest BCUT2D eigenvalue weighted by Crippen LogP contribution is 2.65. The summed E-state index contributed by atoms with van der Waals surface area (Å²) < 4.78 is 14.1. The van der Waals surface area contributed by atoms with E-state index in [-0.39, 0.29) is 12.0 Å². The van der Waals surface area contributed by atoms with Crippen LogP contribution in [0.1, 0.15) is 156 Å². The summed E-state index contributed by atoms with van der Waals surface area (Å²) in [6.07, 6.45) is 17.4. The largest absolute Gasteiger partial charge is 0.457 e. The zero-order valence-electron chi connectivity index (χ0n) is 44.4. The number of benzene rings is 9. The molecule has 2 heterocycles. The summed E-state index contributed by atoms with van der Waals surface area (Å²) in [5.74, 6) is 4.07. The van der Waals surface area contributed by atoms with E-state index in [1.54, 1.807) is 0 Å². The summed E-state index contributed by atoms with van der Waals surface area (Å²) in [4.78, 5) is 2.70. The van der Waals surface area contributed by atoms with Gasteiger partial charge in [-0.2, -0.15) is 0 Å². The quantitative estimate of drug-likeness (QED) is 0.159. The van der Waals surface area contributed by atoms with Crippen LogP contribution in [-0.2, 0) is 10.8 Å². The molecule has 380 valence electrons. The number of ether oxygens (including phenoxy) is 1. The number of anilines is 2. The fourth-order valence-electron chi connectivity index (χ4n) is 16.0. The highest BCUT2D eigenvalue weighted by molar-refractivity contribution is 5.93. The van der Waals surface area contributed by atoms with Crippen LogP contribution in [0.15, 0.2) is 217 Å². The molecule has 1 aromatic heterocycles. The second-order valence-electron chi connectivity index (χ2n) is 23.5. The van der Waals surface area contributed by atoms with Gasteiger partial charge < -0.3 is 14.1 Å². The smallest absolute Gasteiger partial charge is 0.135 e. The van der Waals surface area contributed by atoms with Crippen molar-refractivity contribution in [3.8, 4) is 33.8 Å². The van der Waals surface area contributed by atoms with Crippen LogP contribution in [0.5, 0.6) is 11.5 Å². The molecule has 2 fully saturated rings. The first-order valence-corrected chi connectivity index (χ1v) is 29.1. The average Bonchev–Trinajstić information content (AvgIpc) is 4.33. The van der Waals surface area contributed by atoms with E-state index in [0.717, 1.165) is 39.6 Å². The summed E-state index contributed by atoms with van der Waals surface area (Å²) in [5, 5.41) is 1.16. The average molecular weight is 1010 g/mol. The molecule has 0 amide bonds. The van der Waals surface area contributed by atoms with E-state index in [4.69, 9.17) is 9.15 Å². The number of nitrogens with zero attached hydrogens (tertiary/aromatic N) is 1. The topological polar surface area (TPSA) is 25.6 Å². The fourth-order valence-corrected chi connectivity index (χ4v) is 16.0. The fraction of sp³-hybridized carbons (Fsp3) is 0.227. The van der Waals surface area contributed by atoms with Crippen LogP contribution in [0, 0.1) is 5.92 Å². The van der Waals surface area contributed by atoms with Gasteiger partial charge in [-0.1, -0.05) is 215 Å². The lowest BCUT2D eigenvalue weighted by molar-refractivity contribution is 0.424. The molecule has 3 heteroatoms. The highest BCUT2D eigenvalue weighted by Gasteiger charge is 2.53. The molecule has 9 aromatic carbocycles. The molecule has 1 aliphatic heterocycles. The molecule has 78 heavy (non-hydrogen) atoms. The Kier molecular flexibility index (Phi) is 10.6. The van der Waals surface area contributed by atoms with Gasteiger partial charge in [0.1, 0.15) is 22.8 Å². The molecule has 0 saturated heterocycles. The lowest BCUT2D eigenvalue weighted by Gasteiger charge is -2.42. The van der Waals surface area contributed by atoms with Gasteiger partial charge in [0.15, 0.2) is 0 Å². The number of rotatable bonds is 7. The van der Waals surface area contributed by atoms with E-state index in [2.05, 4.69) is 230 Å². The summed E-state index contributed by atoms with van der Waals surface area (Å²) >= 11 is 0. The minimum atomic E-state index is -0.632. The first-order chi connectivity index (χ1) is 38.6. The number of hydrogen-bond donors (Lipinski definition) is 0. The third-order valence-corrected chi connectivity index (χ3v) is 19.5. The number of para-hydroxylation sites is 1. The first kappa shape index (κ1) is 46.0. The maximum Gasteiger partial charge on any atom is 0.135 e. The summed E-state index contributed by atoms with van der Waals surface area (Å²) in [7, 11) is 0. The van der Waals surface area contributed by atoms with Crippen molar-refractivity contribution in [1.82, 2.24) is 0 Å². The maximum absolute atomic E-state index is 7.24. The predicted molar refractivity (Wildman–Crippen MR) is 319 cm³/mol. The van der Waals surface area contributed by atoms with Crippen molar-refractivity contribution in [3.05, 3.63) is 279 Å². The van der Waals surface area contributed by atoms with Crippen molar-refractivity contribution >= 4 is 28.4 Å². The Morgan fingerprint density at radius 2 is 0.910 bits per heavy atom. The predicted octanol–water partition coefficient (Wildman–Crippen LogP) is 19.9. The van der Waals surface area contributed by atoms with Crippen LogP contribution in [0.2, 0.25) is 0 Å². The normalized spacial score (nSPS) is 19.2. The van der Waals surface area contributed by atoms with Crippen LogP contribution in [0.4, 0.5) is 11.4 Å². The van der Waals surface area contributed by atoms with Gasteiger partial charge in [-0.15, -0.1) is 0 Å². The van der Waals surface area contributed by atoms with Gasteiger partial charge in [-0.25, -0.2) is 0 Å². The van der Waals surface area contributed by atoms with Crippen molar-refractivity contribution in [2.45, 2.75) is 99.8 Å². The molecule has 0 radical (unpaired) electrons.